The first kappa shape index (κ1) is 17.4. The topological polar surface area (TPSA) is 75.2 Å². The van der Waals surface area contributed by atoms with Gasteiger partial charge in [0.15, 0.2) is 11.6 Å². The van der Waals surface area contributed by atoms with Crippen LogP contribution in [-0.4, -0.2) is 38.9 Å². The maximum absolute atomic E-state index is 6.20. The molecule has 1 spiro atoms. The fourth-order valence-corrected chi connectivity index (χ4v) is 6.13. The number of aromatic nitrogens is 4. The quantitative estimate of drug-likeness (QED) is 0.761. The van der Waals surface area contributed by atoms with E-state index in [1.54, 1.807) is 0 Å². The van der Waals surface area contributed by atoms with Crippen LogP contribution in [0.15, 0.2) is 4.52 Å². The number of aryl methyl sites for hydroxylation is 2. The van der Waals surface area contributed by atoms with Crippen LogP contribution in [0.1, 0.15) is 58.5 Å². The van der Waals surface area contributed by atoms with Crippen LogP contribution >= 0.6 is 0 Å². The summed E-state index contributed by atoms with van der Waals surface area (Å²) in [6.45, 7) is 10.2. The van der Waals surface area contributed by atoms with Crippen molar-refractivity contribution in [3.63, 3.8) is 0 Å². The zero-order valence-electron chi connectivity index (χ0n) is 16.8. The Labute approximate surface area is 160 Å². The van der Waals surface area contributed by atoms with E-state index in [4.69, 9.17) is 19.1 Å². The molecule has 5 rings (SSSR count). The van der Waals surface area contributed by atoms with E-state index >= 15 is 0 Å². The Bertz CT molecular complexity index is 899. The molecule has 0 amide bonds. The summed E-state index contributed by atoms with van der Waals surface area (Å²) in [6, 6.07) is 0. The van der Waals surface area contributed by atoms with Crippen molar-refractivity contribution < 1.29 is 15.4 Å². The summed E-state index contributed by atoms with van der Waals surface area (Å²) in [5.74, 6) is 1.21. The first-order valence-corrected chi connectivity index (χ1v) is 9.93. The van der Waals surface area contributed by atoms with E-state index in [1.165, 1.54) is 11.3 Å². The summed E-state index contributed by atoms with van der Waals surface area (Å²) in [5.41, 5.74) is 3.33. The largest absolute Gasteiger partial charge is 0.347 e. The molecule has 27 heavy (non-hydrogen) atoms. The van der Waals surface area contributed by atoms with Gasteiger partial charge in [0.2, 0.25) is 0 Å². The zero-order chi connectivity index (χ0) is 19.0. The number of ether oxygens (including phenoxy) is 2. The third-order valence-corrected chi connectivity index (χ3v) is 7.45. The molecule has 2 atom stereocenters. The van der Waals surface area contributed by atoms with E-state index in [0.29, 0.717) is 30.8 Å². The maximum Gasteiger partial charge on any atom is 0.276 e. The van der Waals surface area contributed by atoms with Crippen LogP contribution in [0.2, 0.25) is 0 Å². The van der Waals surface area contributed by atoms with Crippen LogP contribution in [0.3, 0.4) is 0 Å². The molecule has 0 aromatic carbocycles. The Morgan fingerprint density at radius 2 is 1.89 bits per heavy atom. The van der Waals surface area contributed by atoms with Crippen molar-refractivity contribution in [1.82, 2.24) is 19.9 Å². The molecule has 2 unspecified atom stereocenters. The summed E-state index contributed by atoms with van der Waals surface area (Å²) in [5, 5.41) is 8.95. The summed E-state index contributed by atoms with van der Waals surface area (Å²) in [4.78, 5) is 4.46. The Balaban J connectivity index is 0.00000192. The number of fused-ring (bicyclic) bond motifs is 3. The fraction of sp³-hybridized carbons (Fsp3) is 0.750. The Morgan fingerprint density at radius 1 is 1.15 bits per heavy atom. The van der Waals surface area contributed by atoms with E-state index < -0.39 is 5.79 Å². The standard InChI is InChI=1S/C20H28N4O3.H2/c1-12-21-17(27-23-12)15-13-6-7-14-18(2,3)20(25-10-11-26-20)9-8-19(14,4)16(13)22-24(15)5;/h14H,6-11H2,1-5H3;1H. The molecule has 1 saturated heterocycles. The third kappa shape index (κ3) is 2.12. The molecule has 0 radical (unpaired) electrons. The van der Waals surface area contributed by atoms with Crippen molar-refractivity contribution in [2.75, 3.05) is 13.2 Å². The van der Waals surface area contributed by atoms with Crippen molar-refractivity contribution in [1.29, 1.82) is 0 Å². The highest BCUT2D eigenvalue weighted by molar-refractivity contribution is 5.58. The molecule has 0 N–H and O–H groups in total. The molecule has 1 aliphatic heterocycles. The van der Waals surface area contributed by atoms with E-state index in [-0.39, 0.29) is 12.3 Å². The van der Waals surface area contributed by atoms with Crippen molar-refractivity contribution in [2.24, 2.45) is 18.4 Å². The fourth-order valence-electron chi connectivity index (χ4n) is 6.13. The highest BCUT2D eigenvalue weighted by Crippen LogP contribution is 2.62. The van der Waals surface area contributed by atoms with Gasteiger partial charge in [-0.15, -0.1) is 0 Å². The second-order valence-corrected chi connectivity index (χ2v) is 9.13. The molecule has 7 nitrogen and oxygen atoms in total. The second kappa shape index (κ2) is 5.41. The van der Waals surface area contributed by atoms with E-state index in [2.05, 4.69) is 30.9 Å². The Hall–Kier alpha value is -1.73. The molecule has 3 aliphatic rings. The summed E-state index contributed by atoms with van der Waals surface area (Å²) < 4.78 is 19.8. The molecule has 2 fully saturated rings. The van der Waals surface area contributed by atoms with Crippen LogP contribution in [-0.2, 0) is 28.4 Å². The first-order valence-electron chi connectivity index (χ1n) is 9.93. The minimum Gasteiger partial charge on any atom is -0.347 e. The van der Waals surface area contributed by atoms with E-state index in [1.807, 2.05) is 18.7 Å². The molecule has 0 bridgehead atoms. The van der Waals surface area contributed by atoms with Gasteiger partial charge in [0.25, 0.3) is 5.89 Å². The molecule has 1 saturated carbocycles. The van der Waals surface area contributed by atoms with Gasteiger partial charge < -0.3 is 14.0 Å². The smallest absolute Gasteiger partial charge is 0.276 e. The lowest BCUT2D eigenvalue weighted by atomic mass is 9.49. The third-order valence-electron chi connectivity index (χ3n) is 7.45. The van der Waals surface area contributed by atoms with Crippen LogP contribution in [0.5, 0.6) is 0 Å². The SMILES string of the molecule is Cc1noc(-c2c3c(nn2C)C2(C)CCC4(OCCO4)C(C)(C)C2CC3)n1.[HH]. The first-order chi connectivity index (χ1) is 12.8. The number of hydrogen-bond donors (Lipinski definition) is 0. The van der Waals surface area contributed by atoms with Gasteiger partial charge in [-0.3, -0.25) is 4.68 Å². The normalized spacial score (nSPS) is 31.1. The molecular formula is C20H30N4O3. The maximum atomic E-state index is 6.20. The summed E-state index contributed by atoms with van der Waals surface area (Å²) in [6.07, 6.45) is 3.95. The van der Waals surface area contributed by atoms with Gasteiger partial charge in [-0.05, 0) is 32.1 Å². The monoisotopic (exact) mass is 374 g/mol. The van der Waals surface area contributed by atoms with Crippen molar-refractivity contribution in [3.8, 4) is 11.6 Å². The average Bonchev–Trinajstić information content (AvgIpc) is 3.31. The van der Waals surface area contributed by atoms with Crippen LogP contribution < -0.4 is 0 Å². The minimum absolute atomic E-state index is 0. The number of hydrogen-bond acceptors (Lipinski definition) is 6. The lowest BCUT2D eigenvalue weighted by molar-refractivity contribution is -0.276. The number of nitrogens with zero attached hydrogens (tertiary/aromatic N) is 4. The Kier molecular flexibility index (Phi) is 3.48. The van der Waals surface area contributed by atoms with E-state index in [9.17, 15) is 0 Å². The lowest BCUT2D eigenvalue weighted by Gasteiger charge is -2.59. The molecule has 2 aromatic heterocycles. The molecule has 3 heterocycles. The van der Waals surface area contributed by atoms with Crippen molar-refractivity contribution in [3.05, 3.63) is 17.1 Å². The van der Waals surface area contributed by atoms with Gasteiger partial charge in [0.1, 0.15) is 5.69 Å². The Morgan fingerprint density at radius 3 is 2.56 bits per heavy atom. The van der Waals surface area contributed by atoms with Gasteiger partial charge in [0.05, 0.1) is 18.9 Å². The van der Waals surface area contributed by atoms with Crippen LogP contribution in [0.4, 0.5) is 0 Å². The van der Waals surface area contributed by atoms with E-state index in [0.717, 1.165) is 31.4 Å². The van der Waals surface area contributed by atoms with Gasteiger partial charge in [-0.2, -0.15) is 10.1 Å². The van der Waals surface area contributed by atoms with Gasteiger partial charge >= 0.3 is 0 Å². The van der Waals surface area contributed by atoms with Crippen molar-refractivity contribution >= 4 is 0 Å². The van der Waals surface area contributed by atoms with Crippen LogP contribution in [0, 0.1) is 18.3 Å². The minimum atomic E-state index is -0.449. The lowest BCUT2D eigenvalue weighted by Crippen LogP contribution is -2.61. The second-order valence-electron chi connectivity index (χ2n) is 9.13. The highest BCUT2D eigenvalue weighted by Gasteiger charge is 2.64. The predicted molar refractivity (Wildman–Crippen MR) is 100 cm³/mol. The average molecular weight is 374 g/mol. The predicted octanol–water partition coefficient (Wildman–Crippen LogP) is 3.41. The van der Waals surface area contributed by atoms with Gasteiger partial charge in [0, 0.05) is 31.3 Å². The van der Waals surface area contributed by atoms with Crippen molar-refractivity contribution in [2.45, 2.75) is 64.6 Å². The zero-order valence-corrected chi connectivity index (χ0v) is 16.8. The molecule has 148 valence electrons. The number of rotatable bonds is 1. The summed E-state index contributed by atoms with van der Waals surface area (Å²) in [7, 11) is 1.98. The van der Waals surface area contributed by atoms with Crippen LogP contribution in [0.25, 0.3) is 11.6 Å². The van der Waals surface area contributed by atoms with Gasteiger partial charge in [-0.25, -0.2) is 0 Å². The molecule has 2 aliphatic carbocycles. The molecule has 7 heteroatoms. The summed E-state index contributed by atoms with van der Waals surface area (Å²) >= 11 is 0. The molecule has 2 aromatic rings. The molecular weight excluding hydrogens is 344 g/mol. The van der Waals surface area contributed by atoms with Gasteiger partial charge in [-0.1, -0.05) is 25.9 Å². The highest BCUT2D eigenvalue weighted by atomic mass is 16.7.